The summed E-state index contributed by atoms with van der Waals surface area (Å²) in [6.45, 7) is 0. The van der Waals surface area contributed by atoms with Crippen molar-refractivity contribution in [3.63, 3.8) is 0 Å². The maximum atomic E-state index is 10.0. The standard InChI is InChI=1S/CHFO3/c2-5-1(3)4/h(H,3,4). The van der Waals surface area contributed by atoms with Crippen molar-refractivity contribution in [2.24, 2.45) is 0 Å². The molecule has 5 heavy (non-hydrogen) atoms. The van der Waals surface area contributed by atoms with Gasteiger partial charge in [0.1, 0.15) is 0 Å². The predicted molar refractivity (Wildman–Crippen MR) is 10.2 cm³/mol. The number of halogens is 1. The first kappa shape index (κ1) is 4.20. The Bertz CT molecular complexity index is 42.2. The summed E-state index contributed by atoms with van der Waals surface area (Å²) in [4.78, 5) is 10.9. The summed E-state index contributed by atoms with van der Waals surface area (Å²) in [5, 5.41) is 7.12. The fourth-order valence-electron chi connectivity index (χ4n) is 0. The molecule has 0 aliphatic rings. The van der Waals surface area contributed by atoms with Crippen molar-refractivity contribution in [2.45, 2.75) is 0 Å². The number of hydrogen-bond donors (Lipinski definition) is 1. The van der Waals surface area contributed by atoms with Gasteiger partial charge in [0, 0.05) is 4.53 Å². The van der Waals surface area contributed by atoms with Crippen LogP contribution in [0.4, 0.5) is 9.32 Å². The van der Waals surface area contributed by atoms with Crippen LogP contribution in [-0.4, -0.2) is 11.3 Å². The van der Waals surface area contributed by atoms with E-state index in [1.165, 1.54) is 0 Å². The summed E-state index contributed by atoms with van der Waals surface area (Å²) in [5.74, 6) is 0. The average molecular weight is 80.0 g/mol. The van der Waals surface area contributed by atoms with Gasteiger partial charge in [0.25, 0.3) is 0 Å². The number of rotatable bonds is 0. The highest BCUT2D eigenvalue weighted by Crippen LogP contribution is 1.69. The van der Waals surface area contributed by atoms with Crippen LogP contribution in [0.5, 0.6) is 0 Å². The Labute approximate surface area is 26.9 Å². The van der Waals surface area contributed by atoms with Crippen LogP contribution >= 0.6 is 0 Å². The lowest BCUT2D eigenvalue weighted by Gasteiger charge is -1.70. The van der Waals surface area contributed by atoms with E-state index >= 15 is 0 Å². The van der Waals surface area contributed by atoms with Gasteiger partial charge in [0.05, 0.1) is 0 Å². The number of carbonyl (C=O) groups is 1. The highest BCUT2D eigenvalue weighted by molar-refractivity contribution is 5.55. The van der Waals surface area contributed by atoms with Crippen molar-refractivity contribution in [3.8, 4) is 0 Å². The first-order valence-electron chi connectivity index (χ1n) is 0.786. The van der Waals surface area contributed by atoms with Gasteiger partial charge in [-0.05, 0) is 0 Å². The van der Waals surface area contributed by atoms with Crippen LogP contribution < -0.4 is 0 Å². The van der Waals surface area contributed by atoms with Gasteiger partial charge in [-0.15, -0.1) is 0 Å². The molecule has 0 aromatic carbocycles. The van der Waals surface area contributed by atoms with E-state index in [4.69, 9.17) is 9.90 Å². The molecular weight excluding hydrogens is 79.0 g/mol. The SMILES string of the molecule is O=C(O)OF. The number of carboxylic acid groups (broad SMARTS) is 1. The second-order valence-electron chi connectivity index (χ2n) is 0.343. The maximum Gasteiger partial charge on any atom is 0.542 e. The van der Waals surface area contributed by atoms with E-state index in [1.807, 2.05) is 0 Å². The van der Waals surface area contributed by atoms with Gasteiger partial charge >= 0.3 is 6.16 Å². The zero-order chi connectivity index (χ0) is 4.28. The summed E-state index contributed by atoms with van der Waals surface area (Å²) in [6, 6.07) is 0. The quantitative estimate of drug-likeness (QED) is 0.462. The van der Waals surface area contributed by atoms with E-state index < -0.39 is 6.16 Å². The van der Waals surface area contributed by atoms with Crippen LogP contribution in [0, 0.1) is 0 Å². The Balaban J connectivity index is 2.85. The fourth-order valence-corrected chi connectivity index (χ4v) is 0. The normalized spacial score (nSPS) is 6.60. The maximum absolute atomic E-state index is 10.0. The third-order valence-corrected chi connectivity index (χ3v) is 0.0660. The molecule has 0 spiro atoms. The van der Waals surface area contributed by atoms with Crippen molar-refractivity contribution in [1.82, 2.24) is 0 Å². The van der Waals surface area contributed by atoms with Gasteiger partial charge in [-0.1, -0.05) is 0 Å². The van der Waals surface area contributed by atoms with E-state index in [1.54, 1.807) is 0 Å². The van der Waals surface area contributed by atoms with Crippen LogP contribution in [0.3, 0.4) is 0 Å². The molecule has 30 valence electrons. The fraction of sp³-hybridized carbons (Fsp3) is 0. The smallest absolute Gasteiger partial charge is 0.448 e. The predicted octanol–water partition coefficient (Wildman–Crippen LogP) is 0.566. The van der Waals surface area contributed by atoms with Crippen LogP contribution in [-0.2, 0) is 4.94 Å². The second kappa shape index (κ2) is 1.51. The van der Waals surface area contributed by atoms with E-state index in [0.717, 1.165) is 0 Å². The summed E-state index contributed by atoms with van der Waals surface area (Å²) in [6.07, 6.45) is -1.91. The molecule has 0 heterocycles. The Hall–Kier alpha value is -0.800. The summed E-state index contributed by atoms with van der Waals surface area (Å²) < 4.78 is 10.0. The zero-order valence-electron chi connectivity index (χ0n) is 2.14. The first-order valence-corrected chi connectivity index (χ1v) is 0.786. The van der Waals surface area contributed by atoms with Crippen LogP contribution in [0.25, 0.3) is 0 Å². The van der Waals surface area contributed by atoms with E-state index in [-0.39, 0.29) is 0 Å². The topological polar surface area (TPSA) is 46.5 Å². The van der Waals surface area contributed by atoms with Gasteiger partial charge < -0.3 is 5.11 Å². The van der Waals surface area contributed by atoms with Crippen molar-refractivity contribution in [3.05, 3.63) is 0 Å². The van der Waals surface area contributed by atoms with Crippen molar-refractivity contribution < 1.29 is 19.4 Å². The molecular formula is CHFO3. The third kappa shape index (κ3) is 3.20. The van der Waals surface area contributed by atoms with Crippen LogP contribution in [0.1, 0.15) is 0 Å². The van der Waals surface area contributed by atoms with Gasteiger partial charge in [0.15, 0.2) is 0 Å². The second-order valence-corrected chi connectivity index (χ2v) is 0.343. The van der Waals surface area contributed by atoms with Crippen molar-refractivity contribution in [1.29, 1.82) is 0 Å². The Morgan fingerprint density at radius 1 is 2.00 bits per heavy atom. The molecule has 0 unspecified atom stereocenters. The average Bonchev–Trinajstić information content (AvgIpc) is 1.38. The molecule has 0 saturated heterocycles. The van der Waals surface area contributed by atoms with Crippen molar-refractivity contribution in [2.75, 3.05) is 0 Å². The first-order chi connectivity index (χ1) is 2.27. The van der Waals surface area contributed by atoms with Gasteiger partial charge in [-0.3, -0.25) is 0 Å². The van der Waals surface area contributed by atoms with E-state index in [0.29, 0.717) is 0 Å². The van der Waals surface area contributed by atoms with Crippen LogP contribution in [0.2, 0.25) is 0 Å². The Morgan fingerprint density at radius 3 is 2.20 bits per heavy atom. The molecule has 4 heteroatoms. The molecule has 0 aromatic rings. The lowest BCUT2D eigenvalue weighted by atomic mass is 11.5. The molecule has 0 saturated carbocycles. The minimum absolute atomic E-state index is 1.91. The van der Waals surface area contributed by atoms with Gasteiger partial charge in [0.2, 0.25) is 0 Å². The Kier molecular flexibility index (Phi) is 1.27. The largest absolute Gasteiger partial charge is 0.542 e. The molecule has 0 radical (unpaired) electrons. The Morgan fingerprint density at radius 2 is 2.20 bits per heavy atom. The monoisotopic (exact) mass is 80.0 g/mol. The minimum atomic E-state index is -1.91. The number of hydrogen-bond acceptors (Lipinski definition) is 2. The molecule has 0 bridgehead atoms. The lowest BCUT2D eigenvalue weighted by molar-refractivity contribution is -0.0884. The molecule has 0 atom stereocenters. The van der Waals surface area contributed by atoms with Gasteiger partial charge in [-0.25, -0.2) is 9.74 Å². The molecule has 0 amide bonds. The minimum Gasteiger partial charge on any atom is -0.448 e. The summed E-state index contributed by atoms with van der Waals surface area (Å²) >= 11 is 0. The highest BCUT2D eigenvalue weighted by Gasteiger charge is 1.87. The molecule has 3 nitrogen and oxygen atoms in total. The van der Waals surface area contributed by atoms with E-state index in [9.17, 15) is 4.53 Å². The zero-order valence-corrected chi connectivity index (χ0v) is 2.14. The van der Waals surface area contributed by atoms with Crippen LogP contribution in [0.15, 0.2) is 0 Å². The molecule has 0 aromatic heterocycles. The molecule has 0 rings (SSSR count). The molecule has 0 fully saturated rings. The lowest BCUT2D eigenvalue weighted by Crippen LogP contribution is -1.86. The summed E-state index contributed by atoms with van der Waals surface area (Å²) in [5.41, 5.74) is 0. The highest BCUT2D eigenvalue weighted by atomic mass is 19.3. The molecule has 1 N–H and O–H groups in total. The molecule has 0 aliphatic heterocycles. The van der Waals surface area contributed by atoms with Crippen molar-refractivity contribution >= 4 is 6.16 Å². The van der Waals surface area contributed by atoms with Gasteiger partial charge in [-0.2, -0.15) is 0 Å². The van der Waals surface area contributed by atoms with E-state index in [2.05, 4.69) is 4.94 Å². The molecule has 0 aliphatic carbocycles. The summed E-state index contributed by atoms with van der Waals surface area (Å²) in [7, 11) is 0. The third-order valence-electron chi connectivity index (χ3n) is 0.0660.